The first kappa shape index (κ1) is 22.5. The van der Waals surface area contributed by atoms with E-state index in [0.717, 1.165) is 24.8 Å². The number of carbonyl (C=O) groups excluding carboxylic acids is 2. The van der Waals surface area contributed by atoms with Crippen LogP contribution >= 0.6 is 0 Å². The van der Waals surface area contributed by atoms with Crippen molar-refractivity contribution in [3.05, 3.63) is 29.8 Å². The molecule has 3 N–H and O–H groups in total. The molecule has 0 saturated heterocycles. The van der Waals surface area contributed by atoms with Crippen LogP contribution in [0.3, 0.4) is 0 Å². The van der Waals surface area contributed by atoms with Gasteiger partial charge in [-0.15, -0.1) is 0 Å². The van der Waals surface area contributed by atoms with E-state index in [4.69, 9.17) is 10.00 Å². The molecule has 1 aliphatic carbocycles. The van der Waals surface area contributed by atoms with Gasteiger partial charge in [0.1, 0.15) is 24.4 Å². The van der Waals surface area contributed by atoms with Gasteiger partial charge in [-0.3, -0.25) is 4.79 Å². The summed E-state index contributed by atoms with van der Waals surface area (Å²) in [6.45, 7) is 6.29. The number of phenolic OH excluding ortho intramolecular Hbond substituents is 1. The average Bonchev–Trinajstić information content (AvgIpc) is 2.67. The van der Waals surface area contributed by atoms with Crippen LogP contribution in [0.2, 0.25) is 0 Å². The minimum absolute atomic E-state index is 0.123. The summed E-state index contributed by atoms with van der Waals surface area (Å²) < 4.78 is 5.74. The summed E-state index contributed by atoms with van der Waals surface area (Å²) in [7, 11) is 0. The molecule has 29 heavy (non-hydrogen) atoms. The van der Waals surface area contributed by atoms with Gasteiger partial charge < -0.3 is 20.5 Å². The summed E-state index contributed by atoms with van der Waals surface area (Å²) in [5, 5.41) is 23.3. The van der Waals surface area contributed by atoms with E-state index in [1.807, 2.05) is 6.07 Å². The molecule has 1 aromatic carbocycles. The molecule has 1 aromatic rings. The molecule has 0 aromatic heterocycles. The normalized spacial score (nSPS) is 22.4. The van der Waals surface area contributed by atoms with Crippen molar-refractivity contribution >= 4 is 12.0 Å². The molecule has 1 aliphatic rings. The number of nitrogens with one attached hydrogen (secondary N) is 2. The van der Waals surface area contributed by atoms with Crippen LogP contribution < -0.4 is 10.6 Å². The highest BCUT2D eigenvalue weighted by Gasteiger charge is 2.34. The number of nitrogens with zero attached hydrogens (tertiary/aromatic N) is 1. The Morgan fingerprint density at radius 3 is 2.59 bits per heavy atom. The van der Waals surface area contributed by atoms with Gasteiger partial charge >= 0.3 is 6.09 Å². The Bertz CT molecular complexity index is 727. The molecule has 4 unspecified atom stereocenters. The predicted octanol–water partition coefficient (Wildman–Crippen LogP) is 3.13. The molecule has 0 aliphatic heterocycles. The predicted molar refractivity (Wildman–Crippen MR) is 109 cm³/mol. The molecule has 2 amide bonds. The monoisotopic (exact) mass is 401 g/mol. The summed E-state index contributed by atoms with van der Waals surface area (Å²) in [5.74, 6) is 0.883. The lowest BCUT2D eigenvalue weighted by atomic mass is 9.75. The molecule has 2 rings (SSSR count). The molecule has 0 radical (unpaired) electrons. The quantitative estimate of drug-likeness (QED) is 0.608. The third-order valence-electron chi connectivity index (χ3n) is 5.55. The van der Waals surface area contributed by atoms with E-state index in [1.165, 1.54) is 12.1 Å². The van der Waals surface area contributed by atoms with Gasteiger partial charge in [-0.1, -0.05) is 39.3 Å². The van der Waals surface area contributed by atoms with Crippen molar-refractivity contribution in [1.82, 2.24) is 10.6 Å². The summed E-state index contributed by atoms with van der Waals surface area (Å²) in [6, 6.07) is 7.40. The molecule has 0 spiro atoms. The van der Waals surface area contributed by atoms with Crippen molar-refractivity contribution in [2.75, 3.05) is 6.54 Å². The Hall–Kier alpha value is -2.75. The molecule has 0 heterocycles. The van der Waals surface area contributed by atoms with Gasteiger partial charge in [0, 0.05) is 6.42 Å². The lowest BCUT2D eigenvalue weighted by Gasteiger charge is -2.36. The van der Waals surface area contributed by atoms with Crippen molar-refractivity contribution in [2.45, 2.75) is 58.6 Å². The third kappa shape index (κ3) is 6.97. The number of hydrogen-bond donors (Lipinski definition) is 3. The highest BCUT2D eigenvalue weighted by molar-refractivity contribution is 5.86. The van der Waals surface area contributed by atoms with E-state index in [2.05, 4.69) is 31.4 Å². The Morgan fingerprint density at radius 1 is 1.28 bits per heavy atom. The Kier molecular flexibility index (Phi) is 8.32. The lowest BCUT2D eigenvalue weighted by Crippen LogP contribution is -2.49. The zero-order chi connectivity index (χ0) is 21.4. The van der Waals surface area contributed by atoms with E-state index in [-0.39, 0.29) is 24.8 Å². The lowest BCUT2D eigenvalue weighted by molar-refractivity contribution is -0.122. The zero-order valence-electron chi connectivity index (χ0n) is 17.4. The summed E-state index contributed by atoms with van der Waals surface area (Å²) in [6.07, 6.45) is 2.41. The minimum Gasteiger partial charge on any atom is -0.508 e. The first-order valence-corrected chi connectivity index (χ1v) is 10.2. The summed E-state index contributed by atoms with van der Waals surface area (Å²) in [5.41, 5.74) is 0.770. The fraction of sp³-hybridized carbons (Fsp3) is 0.591. The van der Waals surface area contributed by atoms with Crippen molar-refractivity contribution in [1.29, 1.82) is 5.26 Å². The van der Waals surface area contributed by atoms with Crippen LogP contribution in [0.4, 0.5) is 4.79 Å². The molecule has 158 valence electrons. The van der Waals surface area contributed by atoms with Crippen LogP contribution in [0.25, 0.3) is 0 Å². The van der Waals surface area contributed by atoms with Gasteiger partial charge in [0.2, 0.25) is 5.91 Å². The number of phenols is 1. The number of alkyl carbamates (subject to hydrolysis) is 1. The standard InChI is InChI=1S/C22H31N3O4/c1-14(2)18-9-4-15(3)12-20(18)29-22(28)25-19(21(27)24-11-10-23)13-16-5-7-17(26)8-6-16/h5-8,14-15,18-20,26H,4,9,11-13H2,1-3H3,(H,24,27)(H,25,28). The second-order valence-corrected chi connectivity index (χ2v) is 8.21. The summed E-state index contributed by atoms with van der Waals surface area (Å²) in [4.78, 5) is 25.0. The van der Waals surface area contributed by atoms with Crippen LogP contribution in [0.5, 0.6) is 5.75 Å². The van der Waals surface area contributed by atoms with Gasteiger partial charge in [0.25, 0.3) is 0 Å². The first-order valence-electron chi connectivity index (χ1n) is 10.2. The molecular formula is C22H31N3O4. The third-order valence-corrected chi connectivity index (χ3v) is 5.55. The number of carbonyl (C=O) groups is 2. The molecular weight excluding hydrogens is 370 g/mol. The highest BCUT2D eigenvalue weighted by Crippen LogP contribution is 2.35. The second kappa shape index (κ2) is 10.7. The van der Waals surface area contributed by atoms with Gasteiger partial charge in [0.15, 0.2) is 0 Å². The number of hydrogen-bond acceptors (Lipinski definition) is 5. The van der Waals surface area contributed by atoms with Gasteiger partial charge in [-0.25, -0.2) is 4.79 Å². The van der Waals surface area contributed by atoms with Crippen LogP contribution in [0.15, 0.2) is 24.3 Å². The topological polar surface area (TPSA) is 111 Å². The van der Waals surface area contributed by atoms with Gasteiger partial charge in [0.05, 0.1) is 6.07 Å². The minimum atomic E-state index is -0.876. The Morgan fingerprint density at radius 2 is 1.97 bits per heavy atom. The number of amides is 2. The number of benzene rings is 1. The molecule has 4 atom stereocenters. The zero-order valence-corrected chi connectivity index (χ0v) is 17.4. The molecule has 7 nitrogen and oxygen atoms in total. The van der Waals surface area contributed by atoms with E-state index >= 15 is 0 Å². The van der Waals surface area contributed by atoms with E-state index < -0.39 is 18.0 Å². The van der Waals surface area contributed by atoms with Crippen LogP contribution in [-0.4, -0.2) is 35.8 Å². The maximum absolute atomic E-state index is 12.6. The maximum atomic E-state index is 12.6. The smallest absolute Gasteiger partial charge is 0.408 e. The fourth-order valence-electron chi connectivity index (χ4n) is 3.89. The molecule has 1 fully saturated rings. The number of aromatic hydroxyl groups is 1. The SMILES string of the molecule is CC1CCC(C(C)C)C(OC(=O)NC(Cc2ccc(O)cc2)C(=O)NCC#N)C1. The molecule has 1 saturated carbocycles. The number of ether oxygens (including phenoxy) is 1. The van der Waals surface area contributed by atoms with Gasteiger partial charge in [-0.05, 0) is 48.3 Å². The maximum Gasteiger partial charge on any atom is 0.408 e. The first-order chi connectivity index (χ1) is 13.8. The Balaban J connectivity index is 2.05. The van der Waals surface area contributed by atoms with Crippen molar-refractivity contribution < 1.29 is 19.4 Å². The number of rotatable bonds is 7. The van der Waals surface area contributed by atoms with Gasteiger partial charge in [-0.2, -0.15) is 5.26 Å². The molecule has 0 bridgehead atoms. The fourth-order valence-corrected chi connectivity index (χ4v) is 3.89. The van der Waals surface area contributed by atoms with E-state index in [1.54, 1.807) is 12.1 Å². The van der Waals surface area contributed by atoms with Crippen molar-refractivity contribution in [3.8, 4) is 11.8 Å². The second-order valence-electron chi connectivity index (χ2n) is 8.21. The van der Waals surface area contributed by atoms with Crippen LogP contribution in [0, 0.1) is 29.1 Å². The Labute approximate surface area is 172 Å². The number of nitriles is 1. The summed E-state index contributed by atoms with van der Waals surface area (Å²) >= 11 is 0. The van der Waals surface area contributed by atoms with E-state index in [9.17, 15) is 14.7 Å². The largest absolute Gasteiger partial charge is 0.508 e. The van der Waals surface area contributed by atoms with Crippen LogP contribution in [0.1, 0.15) is 45.6 Å². The van der Waals surface area contributed by atoms with Crippen molar-refractivity contribution in [3.63, 3.8) is 0 Å². The highest BCUT2D eigenvalue weighted by atomic mass is 16.6. The van der Waals surface area contributed by atoms with Crippen molar-refractivity contribution in [2.24, 2.45) is 17.8 Å². The average molecular weight is 402 g/mol. The molecule has 7 heteroatoms. The van der Waals surface area contributed by atoms with E-state index in [0.29, 0.717) is 17.8 Å². The van der Waals surface area contributed by atoms with Crippen LogP contribution in [-0.2, 0) is 16.0 Å².